The van der Waals surface area contributed by atoms with Crippen molar-refractivity contribution in [1.82, 2.24) is 9.97 Å². The highest BCUT2D eigenvalue weighted by Gasteiger charge is 2.32. The largest absolute Gasteiger partial charge is 0.573 e. The van der Waals surface area contributed by atoms with Crippen LogP contribution in [0.25, 0.3) is 11.3 Å². The number of hydrogen-bond acceptors (Lipinski definition) is 6. The molecule has 0 saturated heterocycles. The molecule has 1 heterocycles. The minimum atomic E-state index is -4.91. The van der Waals surface area contributed by atoms with Gasteiger partial charge in [-0.1, -0.05) is 31.2 Å². The molecular weight excluding hydrogens is 466 g/mol. The van der Waals surface area contributed by atoms with Gasteiger partial charge in [-0.25, -0.2) is 4.98 Å². The van der Waals surface area contributed by atoms with Gasteiger partial charge in [0.05, 0.1) is 11.4 Å². The summed E-state index contributed by atoms with van der Waals surface area (Å²) >= 11 is 0. The van der Waals surface area contributed by atoms with Crippen LogP contribution in [0.15, 0.2) is 54.6 Å². The number of alkyl halides is 6. The zero-order chi connectivity index (χ0) is 24.9. The molecule has 0 bridgehead atoms. The number of hydrogen-bond donors (Lipinski definition) is 2. The fourth-order valence-corrected chi connectivity index (χ4v) is 2.82. The van der Waals surface area contributed by atoms with E-state index in [1.807, 2.05) is 13.8 Å². The van der Waals surface area contributed by atoms with Crippen molar-refractivity contribution < 1.29 is 35.8 Å². The van der Waals surface area contributed by atoms with Crippen molar-refractivity contribution in [2.45, 2.75) is 39.0 Å². The van der Waals surface area contributed by atoms with Gasteiger partial charge >= 0.3 is 12.7 Å². The number of nitrogens with zero attached hydrogens (tertiary/aromatic N) is 2. The molecule has 2 N–H and O–H groups in total. The van der Waals surface area contributed by atoms with Crippen LogP contribution >= 0.6 is 0 Å². The Morgan fingerprint density at radius 3 is 2.26 bits per heavy atom. The number of ether oxygens (including phenoxy) is 2. The summed E-state index contributed by atoms with van der Waals surface area (Å²) in [6.45, 7) is 3.79. The second kappa shape index (κ2) is 10.1. The molecule has 1 aromatic heterocycles. The Morgan fingerprint density at radius 2 is 1.59 bits per heavy atom. The van der Waals surface area contributed by atoms with E-state index < -0.39 is 24.2 Å². The second-order valence-corrected chi connectivity index (χ2v) is 7.16. The second-order valence-electron chi connectivity index (χ2n) is 7.16. The first-order valence-electron chi connectivity index (χ1n) is 10.1. The smallest absolute Gasteiger partial charge is 0.406 e. The fourth-order valence-electron chi connectivity index (χ4n) is 2.82. The Bertz CT molecular complexity index is 1120. The lowest BCUT2D eigenvalue weighted by atomic mass is 10.1. The van der Waals surface area contributed by atoms with Crippen molar-refractivity contribution >= 4 is 17.5 Å². The average Bonchev–Trinajstić information content (AvgIpc) is 2.73. The first kappa shape index (κ1) is 24.9. The molecule has 0 aliphatic carbocycles. The minimum absolute atomic E-state index is 0.0203. The van der Waals surface area contributed by atoms with Gasteiger partial charge in [-0.15, -0.1) is 26.3 Å². The zero-order valence-corrected chi connectivity index (χ0v) is 18.0. The van der Waals surface area contributed by atoms with Crippen molar-refractivity contribution in [3.05, 3.63) is 54.6 Å². The van der Waals surface area contributed by atoms with E-state index in [1.165, 1.54) is 36.4 Å². The van der Waals surface area contributed by atoms with E-state index in [9.17, 15) is 26.3 Å². The molecule has 0 aliphatic rings. The van der Waals surface area contributed by atoms with Gasteiger partial charge in [0, 0.05) is 17.7 Å². The Balaban J connectivity index is 2.01. The molecule has 0 saturated carbocycles. The summed E-state index contributed by atoms with van der Waals surface area (Å²) in [5.74, 6) is -0.701. The van der Waals surface area contributed by atoms with Crippen LogP contribution in [0.5, 0.6) is 11.5 Å². The maximum atomic E-state index is 12.8. The van der Waals surface area contributed by atoms with Crippen LogP contribution in [-0.4, -0.2) is 28.7 Å². The van der Waals surface area contributed by atoms with Gasteiger partial charge in [0.25, 0.3) is 0 Å². The van der Waals surface area contributed by atoms with Gasteiger partial charge in [0.1, 0.15) is 11.6 Å². The molecule has 6 nitrogen and oxygen atoms in total. The molecule has 0 spiro atoms. The van der Waals surface area contributed by atoms with Gasteiger partial charge in [-0.2, -0.15) is 4.98 Å². The molecule has 0 radical (unpaired) electrons. The molecule has 0 fully saturated rings. The highest BCUT2D eigenvalue weighted by molar-refractivity contribution is 5.70. The quantitative estimate of drug-likeness (QED) is 0.338. The van der Waals surface area contributed by atoms with E-state index >= 15 is 0 Å². The van der Waals surface area contributed by atoms with Gasteiger partial charge in [-0.3, -0.25) is 0 Å². The molecule has 3 aromatic rings. The van der Waals surface area contributed by atoms with Crippen LogP contribution in [0.4, 0.5) is 43.8 Å². The summed E-state index contributed by atoms with van der Waals surface area (Å²) in [6.07, 6.45) is -9.06. The van der Waals surface area contributed by atoms with Crippen LogP contribution in [0, 0.1) is 0 Å². The Kier molecular flexibility index (Phi) is 7.38. The topological polar surface area (TPSA) is 68.3 Å². The summed E-state index contributed by atoms with van der Waals surface area (Å²) in [5, 5.41) is 5.81. The number of para-hydroxylation sites is 2. The average molecular weight is 486 g/mol. The molecule has 0 amide bonds. The molecule has 1 atom stereocenters. The van der Waals surface area contributed by atoms with E-state index in [-0.39, 0.29) is 34.8 Å². The highest BCUT2D eigenvalue weighted by Crippen LogP contribution is 2.33. The van der Waals surface area contributed by atoms with Crippen molar-refractivity contribution in [2.75, 3.05) is 10.6 Å². The molecule has 3 rings (SSSR count). The molecule has 2 aromatic carbocycles. The Hall–Kier alpha value is -3.70. The first-order chi connectivity index (χ1) is 15.9. The van der Waals surface area contributed by atoms with Crippen molar-refractivity contribution in [1.29, 1.82) is 0 Å². The molecule has 182 valence electrons. The number of anilines is 3. The Morgan fingerprint density at radius 1 is 0.882 bits per heavy atom. The molecule has 0 unspecified atom stereocenters. The van der Waals surface area contributed by atoms with Gasteiger partial charge in [0.2, 0.25) is 5.95 Å². The van der Waals surface area contributed by atoms with Crippen LogP contribution in [0.2, 0.25) is 0 Å². The fraction of sp³-hybridized carbons (Fsp3) is 0.273. The van der Waals surface area contributed by atoms with Gasteiger partial charge < -0.3 is 20.1 Å². The van der Waals surface area contributed by atoms with Crippen LogP contribution in [-0.2, 0) is 0 Å². The predicted octanol–water partition coefficient (Wildman–Crippen LogP) is 6.89. The number of nitrogens with one attached hydrogen (secondary N) is 2. The third-order valence-electron chi connectivity index (χ3n) is 4.45. The normalized spacial score (nSPS) is 12.7. The zero-order valence-electron chi connectivity index (χ0n) is 18.0. The lowest BCUT2D eigenvalue weighted by molar-refractivity contribution is -0.275. The van der Waals surface area contributed by atoms with E-state index in [0.29, 0.717) is 6.42 Å². The number of rotatable bonds is 8. The van der Waals surface area contributed by atoms with E-state index in [1.54, 1.807) is 0 Å². The van der Waals surface area contributed by atoms with E-state index in [4.69, 9.17) is 0 Å². The molecule has 12 heteroatoms. The van der Waals surface area contributed by atoms with Crippen molar-refractivity contribution in [3.8, 4) is 22.8 Å². The number of aromatic nitrogens is 2. The summed E-state index contributed by atoms with van der Waals surface area (Å²) in [7, 11) is 0. The maximum Gasteiger partial charge on any atom is 0.573 e. The summed E-state index contributed by atoms with van der Waals surface area (Å²) in [5.41, 5.74) is 0.470. The third-order valence-corrected chi connectivity index (χ3v) is 4.45. The standard InChI is InChI=1S/C22H20F6N4O2/c1-3-13(2)29-20-31-17(14-7-6-8-15(11-14)33-21(23,24)25)12-19(32-20)30-16-9-4-5-10-18(16)34-22(26,27)28/h4-13H,3H2,1-2H3,(H2,29,30,31,32)/t13-/m0/s1. The first-order valence-corrected chi connectivity index (χ1v) is 10.1. The lowest BCUT2D eigenvalue weighted by Crippen LogP contribution is -2.18. The lowest BCUT2D eigenvalue weighted by Gasteiger charge is -2.17. The molecular formula is C22H20F6N4O2. The summed E-state index contributed by atoms with van der Waals surface area (Å²) in [4.78, 5) is 8.62. The van der Waals surface area contributed by atoms with Gasteiger partial charge in [0.15, 0.2) is 5.75 Å². The van der Waals surface area contributed by atoms with E-state index in [2.05, 4.69) is 30.1 Å². The molecule has 0 aliphatic heterocycles. The third kappa shape index (κ3) is 7.42. The maximum absolute atomic E-state index is 12.8. The SMILES string of the molecule is CC[C@H](C)Nc1nc(Nc2ccccc2OC(F)(F)F)cc(-c2cccc(OC(F)(F)F)c2)n1. The van der Waals surface area contributed by atoms with Crippen LogP contribution < -0.4 is 20.1 Å². The Labute approximate surface area is 190 Å². The monoisotopic (exact) mass is 486 g/mol. The minimum Gasteiger partial charge on any atom is -0.406 e. The van der Waals surface area contributed by atoms with E-state index in [0.717, 1.165) is 18.2 Å². The van der Waals surface area contributed by atoms with Crippen LogP contribution in [0.3, 0.4) is 0 Å². The number of halogens is 6. The number of benzene rings is 2. The van der Waals surface area contributed by atoms with Crippen LogP contribution in [0.1, 0.15) is 20.3 Å². The summed E-state index contributed by atoms with van der Waals surface area (Å²) in [6, 6.07) is 11.9. The van der Waals surface area contributed by atoms with Gasteiger partial charge in [-0.05, 0) is 37.6 Å². The highest BCUT2D eigenvalue weighted by atomic mass is 19.4. The van der Waals surface area contributed by atoms with Crippen molar-refractivity contribution in [3.63, 3.8) is 0 Å². The molecule has 34 heavy (non-hydrogen) atoms. The summed E-state index contributed by atoms with van der Waals surface area (Å²) < 4.78 is 84.2. The van der Waals surface area contributed by atoms with Crippen molar-refractivity contribution in [2.24, 2.45) is 0 Å². The predicted molar refractivity (Wildman–Crippen MR) is 114 cm³/mol.